The second-order valence-electron chi connectivity index (χ2n) is 13.5. The fourth-order valence-corrected chi connectivity index (χ4v) is 6.89. The topological polar surface area (TPSA) is 111 Å². The highest BCUT2D eigenvalue weighted by molar-refractivity contribution is 6.01. The zero-order valence-corrected chi connectivity index (χ0v) is 28.0. The van der Waals surface area contributed by atoms with Crippen molar-refractivity contribution in [3.8, 4) is 39.4 Å². The Labute approximate surface area is 279 Å². The van der Waals surface area contributed by atoms with E-state index in [9.17, 15) is 9.90 Å². The largest absolute Gasteiger partial charge is 0.490 e. The number of fused-ring (bicyclic) bond motifs is 3. The number of hydrogen-bond acceptors (Lipinski definition) is 8. The molecule has 0 fully saturated rings. The molecule has 0 spiro atoms. The van der Waals surface area contributed by atoms with E-state index < -0.39 is 17.4 Å². The number of rotatable bonds is 7. The highest BCUT2D eigenvalue weighted by Crippen LogP contribution is 2.43. The number of aromatic nitrogens is 4. The van der Waals surface area contributed by atoms with Crippen LogP contribution in [0.4, 0.5) is 10.2 Å². The summed E-state index contributed by atoms with van der Waals surface area (Å²) in [6, 6.07) is 9.76. The van der Waals surface area contributed by atoms with Crippen molar-refractivity contribution >= 4 is 22.8 Å². The van der Waals surface area contributed by atoms with Gasteiger partial charge in [-0.05, 0) is 112 Å². The molecular formula is C38H40FN5O4. The molecule has 0 atom stereocenters. The Balaban J connectivity index is 1.39. The van der Waals surface area contributed by atoms with Crippen LogP contribution in [0.1, 0.15) is 54.6 Å². The van der Waals surface area contributed by atoms with E-state index in [0.717, 1.165) is 76.2 Å². The van der Waals surface area contributed by atoms with Gasteiger partial charge in [-0.3, -0.25) is 9.78 Å². The second-order valence-corrected chi connectivity index (χ2v) is 13.5. The number of esters is 1. The third-order valence-corrected chi connectivity index (χ3v) is 9.33. The van der Waals surface area contributed by atoms with Crippen LogP contribution in [0.25, 0.3) is 44.7 Å². The van der Waals surface area contributed by atoms with Gasteiger partial charge in [0.05, 0.1) is 30.0 Å². The summed E-state index contributed by atoms with van der Waals surface area (Å²) in [6.45, 7) is 8.29. The predicted octanol–water partition coefficient (Wildman–Crippen LogP) is 6.66. The van der Waals surface area contributed by atoms with Crippen LogP contribution in [0.3, 0.4) is 0 Å². The Morgan fingerprint density at radius 2 is 1.96 bits per heavy atom. The molecule has 0 radical (unpaired) electrons. The van der Waals surface area contributed by atoms with Crippen LogP contribution >= 0.6 is 0 Å². The van der Waals surface area contributed by atoms with Gasteiger partial charge in [-0.15, -0.1) is 0 Å². The first-order valence-electron chi connectivity index (χ1n) is 16.5. The SMILES string of the molecule is Cc1nc2c(cc(-c3ccnc(-c4cnc5c(c4)CCCN5)c3)n2C)c(-c2cc(F)c3c(c2C)CCCO3)c1CC(=O)OCC(C)(C)O. The minimum Gasteiger partial charge on any atom is -0.490 e. The van der Waals surface area contributed by atoms with Gasteiger partial charge in [-0.2, -0.15) is 0 Å². The molecule has 0 saturated heterocycles. The lowest BCUT2D eigenvalue weighted by atomic mass is 9.87. The summed E-state index contributed by atoms with van der Waals surface area (Å²) in [7, 11) is 1.96. The molecule has 2 aliphatic heterocycles. The summed E-state index contributed by atoms with van der Waals surface area (Å²) in [5, 5.41) is 14.3. The lowest BCUT2D eigenvalue weighted by molar-refractivity contribution is -0.149. The van der Waals surface area contributed by atoms with Crippen LogP contribution in [0.2, 0.25) is 0 Å². The van der Waals surface area contributed by atoms with Crippen molar-refractivity contribution in [2.24, 2.45) is 7.05 Å². The molecule has 0 unspecified atom stereocenters. The number of pyridine rings is 3. The van der Waals surface area contributed by atoms with E-state index in [4.69, 9.17) is 14.5 Å². The van der Waals surface area contributed by atoms with Gasteiger partial charge in [0.15, 0.2) is 11.6 Å². The molecule has 0 bridgehead atoms. The van der Waals surface area contributed by atoms with E-state index in [-0.39, 0.29) is 13.0 Å². The van der Waals surface area contributed by atoms with Crippen LogP contribution in [0.15, 0.2) is 42.7 Å². The Bertz CT molecular complexity index is 2080. The van der Waals surface area contributed by atoms with Crippen molar-refractivity contribution in [1.82, 2.24) is 19.5 Å². The van der Waals surface area contributed by atoms with Crippen molar-refractivity contribution in [3.63, 3.8) is 0 Å². The molecule has 48 heavy (non-hydrogen) atoms. The molecule has 4 aromatic heterocycles. The molecule has 2 aliphatic rings. The molecule has 248 valence electrons. The summed E-state index contributed by atoms with van der Waals surface area (Å²) in [5.41, 5.74) is 8.81. The van der Waals surface area contributed by atoms with Crippen LogP contribution in [0, 0.1) is 19.7 Å². The lowest BCUT2D eigenvalue weighted by Crippen LogP contribution is -2.28. The Morgan fingerprint density at radius 3 is 2.77 bits per heavy atom. The number of aliphatic hydroxyl groups is 1. The number of halogens is 1. The van der Waals surface area contributed by atoms with Gasteiger partial charge >= 0.3 is 5.97 Å². The number of hydrogen-bond donors (Lipinski definition) is 2. The molecule has 10 heteroatoms. The lowest BCUT2D eigenvalue weighted by Gasteiger charge is -2.24. The maximum atomic E-state index is 15.7. The summed E-state index contributed by atoms with van der Waals surface area (Å²) >= 11 is 0. The Hall–Kier alpha value is -4.83. The molecule has 0 amide bonds. The number of anilines is 1. The first-order chi connectivity index (χ1) is 23.0. The molecule has 0 aliphatic carbocycles. The number of nitrogens with zero attached hydrogens (tertiary/aromatic N) is 4. The quantitative estimate of drug-likeness (QED) is 0.188. The predicted molar refractivity (Wildman–Crippen MR) is 184 cm³/mol. The van der Waals surface area contributed by atoms with Crippen LogP contribution in [0.5, 0.6) is 5.75 Å². The first kappa shape index (κ1) is 31.8. The third-order valence-electron chi connectivity index (χ3n) is 9.33. The van der Waals surface area contributed by atoms with Gasteiger partial charge in [0.1, 0.15) is 18.1 Å². The molecular weight excluding hydrogens is 609 g/mol. The molecule has 5 aromatic rings. The first-order valence-corrected chi connectivity index (χ1v) is 16.5. The number of carbonyl (C=O) groups is 1. The van der Waals surface area contributed by atoms with Gasteiger partial charge in [0.25, 0.3) is 0 Å². The second kappa shape index (κ2) is 12.3. The van der Waals surface area contributed by atoms with Gasteiger partial charge < -0.3 is 24.5 Å². The van der Waals surface area contributed by atoms with Crippen LogP contribution in [-0.2, 0) is 35.8 Å². The molecule has 2 N–H and O–H groups in total. The van der Waals surface area contributed by atoms with Gasteiger partial charge in [-0.25, -0.2) is 14.4 Å². The Kier molecular flexibility index (Phi) is 8.15. The number of nitrogens with one attached hydrogen (secondary N) is 1. The maximum Gasteiger partial charge on any atom is 0.310 e. The van der Waals surface area contributed by atoms with E-state index in [1.807, 2.05) is 37.7 Å². The van der Waals surface area contributed by atoms with Crippen molar-refractivity contribution in [3.05, 3.63) is 76.5 Å². The van der Waals surface area contributed by atoms with E-state index in [1.54, 1.807) is 20.0 Å². The fourth-order valence-electron chi connectivity index (χ4n) is 6.89. The maximum absolute atomic E-state index is 15.7. The Morgan fingerprint density at radius 1 is 1.12 bits per heavy atom. The standard InChI is InChI=1S/C38H40FN5O4/c1-21-26-9-7-13-47-35(26)30(39)16-27(21)34-28(18-33(45)48-20-38(3,4)46)22(2)43-37-29(34)17-32(44(37)5)23-10-12-40-31(15-23)25-14-24-8-6-11-41-36(24)42-19-25/h10,12,14-17,19,46H,6-9,11,13,18,20H2,1-5H3,(H,41,42). The number of aryl methyl sites for hydroxylation is 3. The van der Waals surface area contributed by atoms with E-state index in [2.05, 4.69) is 33.5 Å². The molecule has 0 saturated carbocycles. The van der Waals surface area contributed by atoms with E-state index >= 15 is 4.39 Å². The smallest absolute Gasteiger partial charge is 0.310 e. The fraction of sp³-hybridized carbons (Fsp3) is 0.368. The van der Waals surface area contributed by atoms with Crippen molar-refractivity contribution in [2.45, 2.75) is 65.4 Å². The molecule has 7 rings (SSSR count). The highest BCUT2D eigenvalue weighted by atomic mass is 19.1. The molecule has 6 heterocycles. The number of ether oxygens (including phenoxy) is 2. The third kappa shape index (κ3) is 5.89. The van der Waals surface area contributed by atoms with Crippen molar-refractivity contribution in [1.29, 1.82) is 0 Å². The minimum absolute atomic E-state index is 0.0847. The van der Waals surface area contributed by atoms with Gasteiger partial charge in [0, 0.05) is 53.8 Å². The summed E-state index contributed by atoms with van der Waals surface area (Å²) in [5.74, 6) is 0.323. The zero-order chi connectivity index (χ0) is 33.7. The van der Waals surface area contributed by atoms with Gasteiger partial charge in [0.2, 0.25) is 0 Å². The summed E-state index contributed by atoms with van der Waals surface area (Å²) in [6.07, 6.45) is 7.11. The average Bonchev–Trinajstić information content (AvgIpc) is 3.40. The summed E-state index contributed by atoms with van der Waals surface area (Å²) in [4.78, 5) is 27.5. The number of benzene rings is 1. The van der Waals surface area contributed by atoms with Crippen LogP contribution in [-0.4, -0.2) is 56.0 Å². The van der Waals surface area contributed by atoms with Gasteiger partial charge in [-0.1, -0.05) is 0 Å². The molecule has 9 nitrogen and oxygen atoms in total. The molecule has 1 aromatic carbocycles. The van der Waals surface area contributed by atoms with Crippen molar-refractivity contribution < 1.29 is 23.8 Å². The average molecular weight is 650 g/mol. The highest BCUT2D eigenvalue weighted by Gasteiger charge is 2.27. The monoisotopic (exact) mass is 649 g/mol. The van der Waals surface area contributed by atoms with E-state index in [0.29, 0.717) is 41.2 Å². The zero-order valence-electron chi connectivity index (χ0n) is 28.0. The van der Waals surface area contributed by atoms with Crippen molar-refractivity contribution in [2.75, 3.05) is 25.1 Å². The minimum atomic E-state index is -1.17. The summed E-state index contributed by atoms with van der Waals surface area (Å²) < 4.78 is 29.0. The number of carbonyl (C=O) groups excluding carboxylic acids is 1. The van der Waals surface area contributed by atoms with E-state index in [1.165, 1.54) is 11.6 Å². The normalized spacial score (nSPS) is 14.2. The van der Waals surface area contributed by atoms with Crippen LogP contribution < -0.4 is 10.1 Å².